The van der Waals surface area contributed by atoms with E-state index in [0.29, 0.717) is 30.1 Å². The fourth-order valence-electron chi connectivity index (χ4n) is 4.81. The van der Waals surface area contributed by atoms with Gasteiger partial charge in [0.05, 0.1) is 12.6 Å². The highest BCUT2D eigenvalue weighted by molar-refractivity contribution is 7.90. The van der Waals surface area contributed by atoms with Crippen LogP contribution in [0.2, 0.25) is 5.02 Å². The molecule has 0 N–H and O–H groups in total. The maximum Gasteiger partial charge on any atom is 0.254 e. The standard InChI is InChI=1S/C21H21ClN2O4S/c22-17-8-6-16(7-9-17)20(25)23-12-18-10-19-21(13-23,28-18)14-24(29(19,26)27)11-15-4-2-1-3-5-15/h1-9,18-19H,10-14H2/t18-,19+,21+/m0/s1. The molecule has 3 aliphatic rings. The van der Waals surface area contributed by atoms with Crippen molar-refractivity contribution in [3.8, 4) is 0 Å². The molecule has 1 amide bonds. The normalized spacial score (nSPS) is 30.3. The molecule has 0 radical (unpaired) electrons. The number of amides is 1. The van der Waals surface area contributed by atoms with Crippen molar-refractivity contribution in [3.05, 3.63) is 70.7 Å². The number of nitrogens with zero attached hydrogens (tertiary/aromatic N) is 2. The van der Waals surface area contributed by atoms with E-state index in [2.05, 4.69) is 0 Å². The van der Waals surface area contributed by atoms with E-state index in [0.717, 1.165) is 5.56 Å². The molecule has 3 saturated heterocycles. The lowest BCUT2D eigenvalue weighted by Crippen LogP contribution is -2.56. The average molecular weight is 433 g/mol. The Morgan fingerprint density at radius 3 is 2.55 bits per heavy atom. The summed E-state index contributed by atoms with van der Waals surface area (Å²) in [5.74, 6) is -0.117. The van der Waals surface area contributed by atoms with Crippen LogP contribution in [-0.2, 0) is 21.3 Å². The Labute approximate surface area is 175 Å². The second kappa shape index (κ2) is 6.80. The number of rotatable bonds is 3. The second-order valence-corrected chi connectivity index (χ2v) is 10.6. The fraction of sp³-hybridized carbons (Fsp3) is 0.381. The van der Waals surface area contributed by atoms with Gasteiger partial charge in [-0.25, -0.2) is 8.42 Å². The van der Waals surface area contributed by atoms with Gasteiger partial charge in [-0.05, 0) is 36.2 Å². The number of hydrogen-bond acceptors (Lipinski definition) is 4. The Bertz CT molecular complexity index is 1040. The summed E-state index contributed by atoms with van der Waals surface area (Å²) < 4.78 is 34.2. The Morgan fingerprint density at radius 1 is 1.10 bits per heavy atom. The monoisotopic (exact) mass is 432 g/mol. The molecule has 3 fully saturated rings. The number of carbonyl (C=O) groups excluding carboxylic acids is 1. The molecule has 1 spiro atoms. The first-order chi connectivity index (χ1) is 13.9. The number of likely N-dealkylation sites (tertiary alicyclic amines) is 1. The highest BCUT2D eigenvalue weighted by Gasteiger charge is 2.65. The molecule has 2 aromatic carbocycles. The van der Waals surface area contributed by atoms with E-state index in [1.807, 2.05) is 30.3 Å². The average Bonchev–Trinajstić information content (AvgIpc) is 3.08. The van der Waals surface area contributed by atoms with Crippen molar-refractivity contribution in [3.63, 3.8) is 0 Å². The van der Waals surface area contributed by atoms with Crippen molar-refractivity contribution in [1.29, 1.82) is 0 Å². The quantitative estimate of drug-likeness (QED) is 0.747. The number of sulfonamides is 1. The third-order valence-corrected chi connectivity index (χ3v) is 8.66. The fourth-order valence-corrected chi connectivity index (χ4v) is 7.23. The Kier molecular flexibility index (Phi) is 4.47. The van der Waals surface area contributed by atoms with Crippen molar-refractivity contribution in [2.24, 2.45) is 0 Å². The molecule has 8 heteroatoms. The third kappa shape index (κ3) is 3.17. The van der Waals surface area contributed by atoms with Crippen molar-refractivity contribution in [2.45, 2.75) is 29.9 Å². The van der Waals surface area contributed by atoms with Gasteiger partial charge in [0.25, 0.3) is 5.91 Å². The molecular formula is C21H21ClN2O4S. The van der Waals surface area contributed by atoms with Gasteiger partial charge < -0.3 is 9.64 Å². The van der Waals surface area contributed by atoms with Crippen LogP contribution in [-0.4, -0.2) is 60.1 Å². The lowest BCUT2D eigenvalue weighted by Gasteiger charge is -2.39. The van der Waals surface area contributed by atoms with Gasteiger partial charge in [0, 0.05) is 30.2 Å². The zero-order chi connectivity index (χ0) is 20.2. The Morgan fingerprint density at radius 2 is 1.83 bits per heavy atom. The van der Waals surface area contributed by atoms with Gasteiger partial charge in [0.15, 0.2) is 0 Å². The summed E-state index contributed by atoms with van der Waals surface area (Å²) in [7, 11) is -3.49. The summed E-state index contributed by atoms with van der Waals surface area (Å²) in [6.07, 6.45) is 0.177. The van der Waals surface area contributed by atoms with Crippen LogP contribution < -0.4 is 0 Å². The zero-order valence-electron chi connectivity index (χ0n) is 15.7. The molecule has 0 aliphatic carbocycles. The van der Waals surface area contributed by atoms with Crippen LogP contribution in [0.3, 0.4) is 0 Å². The first-order valence-electron chi connectivity index (χ1n) is 9.63. The molecule has 3 aliphatic heterocycles. The van der Waals surface area contributed by atoms with E-state index in [9.17, 15) is 13.2 Å². The Hall–Kier alpha value is -1.93. The smallest absolute Gasteiger partial charge is 0.254 e. The molecule has 152 valence electrons. The van der Waals surface area contributed by atoms with Crippen LogP contribution in [0.1, 0.15) is 22.3 Å². The van der Waals surface area contributed by atoms with Crippen LogP contribution in [0.25, 0.3) is 0 Å². The number of morpholine rings is 1. The predicted octanol–water partition coefficient (Wildman–Crippen LogP) is 2.54. The molecule has 0 aromatic heterocycles. The third-order valence-electron chi connectivity index (χ3n) is 6.09. The van der Waals surface area contributed by atoms with Gasteiger partial charge >= 0.3 is 0 Å². The summed E-state index contributed by atoms with van der Waals surface area (Å²) in [6, 6.07) is 16.3. The molecule has 3 atom stereocenters. The summed E-state index contributed by atoms with van der Waals surface area (Å²) in [5.41, 5.74) is 0.623. The van der Waals surface area contributed by atoms with E-state index in [-0.39, 0.29) is 25.1 Å². The number of benzene rings is 2. The largest absolute Gasteiger partial charge is 0.365 e. The zero-order valence-corrected chi connectivity index (χ0v) is 17.3. The second-order valence-electron chi connectivity index (χ2n) is 8.02. The minimum Gasteiger partial charge on any atom is -0.365 e. The maximum atomic E-state index is 13.2. The van der Waals surface area contributed by atoms with Gasteiger partial charge in [-0.1, -0.05) is 41.9 Å². The van der Waals surface area contributed by atoms with Gasteiger partial charge in [-0.15, -0.1) is 0 Å². The summed E-state index contributed by atoms with van der Waals surface area (Å²) >= 11 is 5.93. The van der Waals surface area contributed by atoms with Gasteiger partial charge in [0.1, 0.15) is 10.9 Å². The highest BCUT2D eigenvalue weighted by atomic mass is 35.5. The Balaban J connectivity index is 1.41. The van der Waals surface area contributed by atoms with Crippen molar-refractivity contribution >= 4 is 27.5 Å². The van der Waals surface area contributed by atoms with Crippen molar-refractivity contribution in [1.82, 2.24) is 9.21 Å². The van der Waals surface area contributed by atoms with E-state index >= 15 is 0 Å². The maximum absolute atomic E-state index is 13.2. The van der Waals surface area contributed by atoms with Crippen LogP contribution >= 0.6 is 11.6 Å². The first kappa shape index (κ1) is 19.1. The van der Waals surface area contributed by atoms with Gasteiger partial charge in [-0.3, -0.25) is 4.79 Å². The lowest BCUT2D eigenvalue weighted by molar-refractivity contribution is -0.0980. The first-order valence-corrected chi connectivity index (χ1v) is 11.5. The number of hydrogen-bond donors (Lipinski definition) is 0. The van der Waals surface area contributed by atoms with Crippen LogP contribution in [0.5, 0.6) is 0 Å². The minimum atomic E-state index is -3.49. The molecular weight excluding hydrogens is 412 g/mol. The summed E-state index contributed by atoms with van der Waals surface area (Å²) in [6.45, 7) is 1.28. The van der Waals surface area contributed by atoms with Crippen LogP contribution in [0.4, 0.5) is 0 Å². The SMILES string of the molecule is O=C(c1ccc(Cl)cc1)N1C[C@@H]2C[C@@H]3[C@@](C1)(CN(Cc1ccccc1)S3(=O)=O)O2. The molecule has 2 aromatic rings. The molecule has 0 saturated carbocycles. The minimum absolute atomic E-state index is 0.117. The predicted molar refractivity (Wildman–Crippen MR) is 109 cm³/mol. The number of fused-ring (bicyclic) bond motifs is 1. The number of carbonyl (C=O) groups is 1. The van der Waals surface area contributed by atoms with E-state index in [1.165, 1.54) is 4.31 Å². The van der Waals surface area contributed by atoms with Gasteiger partial charge in [-0.2, -0.15) is 4.31 Å². The highest BCUT2D eigenvalue weighted by Crippen LogP contribution is 2.47. The number of halogens is 1. The molecule has 29 heavy (non-hydrogen) atoms. The van der Waals surface area contributed by atoms with Crippen molar-refractivity contribution < 1.29 is 17.9 Å². The number of ether oxygens (including phenoxy) is 1. The topological polar surface area (TPSA) is 66.9 Å². The van der Waals surface area contributed by atoms with Crippen molar-refractivity contribution in [2.75, 3.05) is 19.6 Å². The van der Waals surface area contributed by atoms with Gasteiger partial charge in [0.2, 0.25) is 10.0 Å². The van der Waals surface area contributed by atoms with Crippen LogP contribution in [0.15, 0.2) is 54.6 Å². The van der Waals surface area contributed by atoms with E-state index in [1.54, 1.807) is 29.2 Å². The van der Waals surface area contributed by atoms with E-state index < -0.39 is 20.9 Å². The molecule has 5 rings (SSSR count). The van der Waals surface area contributed by atoms with E-state index in [4.69, 9.17) is 16.3 Å². The summed E-state index contributed by atoms with van der Waals surface area (Å²) in [5, 5.41) is -0.0348. The lowest BCUT2D eigenvalue weighted by atomic mass is 9.99. The molecule has 0 unspecified atom stereocenters. The molecule has 2 bridgehead atoms. The molecule has 3 heterocycles. The van der Waals surface area contributed by atoms with Crippen LogP contribution in [0, 0.1) is 0 Å². The summed E-state index contributed by atoms with van der Waals surface area (Å²) in [4.78, 5) is 14.7. The molecule has 6 nitrogen and oxygen atoms in total.